The number of hydrogen-bond acceptors (Lipinski definition) is 4. The van der Waals surface area contributed by atoms with Crippen LogP contribution < -0.4 is 15.4 Å². The van der Waals surface area contributed by atoms with Crippen LogP contribution in [-0.4, -0.2) is 18.4 Å². The number of amides is 2. The maximum atomic E-state index is 12.3. The summed E-state index contributed by atoms with van der Waals surface area (Å²) in [5.41, 5.74) is 1.87. The van der Waals surface area contributed by atoms with Gasteiger partial charge in [0.1, 0.15) is 5.75 Å². The smallest absolute Gasteiger partial charge is 0.255 e. The summed E-state index contributed by atoms with van der Waals surface area (Å²) in [5, 5.41) is 7.62. The van der Waals surface area contributed by atoms with Crippen LogP contribution in [0.15, 0.2) is 66.0 Å². The monoisotopic (exact) mass is 380 g/mol. The summed E-state index contributed by atoms with van der Waals surface area (Å²) in [6, 6.07) is 17.9. The predicted molar refractivity (Wildman–Crippen MR) is 109 cm³/mol. The second kappa shape index (κ2) is 9.00. The van der Waals surface area contributed by atoms with Crippen LogP contribution in [0.2, 0.25) is 0 Å². The lowest BCUT2D eigenvalue weighted by atomic mass is 10.2. The van der Waals surface area contributed by atoms with Crippen LogP contribution in [0.4, 0.5) is 11.4 Å². The Hall–Kier alpha value is -3.12. The van der Waals surface area contributed by atoms with Gasteiger partial charge in [-0.2, -0.15) is 0 Å². The number of anilines is 2. The van der Waals surface area contributed by atoms with Crippen molar-refractivity contribution in [1.29, 1.82) is 0 Å². The third kappa shape index (κ3) is 5.43. The number of hydrogen-bond donors (Lipinski definition) is 2. The van der Waals surface area contributed by atoms with E-state index in [1.54, 1.807) is 47.7 Å². The Bertz CT molecular complexity index is 888. The van der Waals surface area contributed by atoms with Crippen molar-refractivity contribution in [3.05, 3.63) is 76.5 Å². The SMILES string of the molecule is CCOc1ccc(NC(=O)c2ccc(NC(=O)Cc3cccs3)cc2)cc1. The van der Waals surface area contributed by atoms with Crippen LogP contribution in [0.3, 0.4) is 0 Å². The third-order valence-electron chi connectivity index (χ3n) is 3.77. The molecule has 6 heteroatoms. The van der Waals surface area contributed by atoms with Crippen molar-refractivity contribution in [2.24, 2.45) is 0 Å². The number of ether oxygens (including phenoxy) is 1. The molecule has 3 rings (SSSR count). The molecule has 0 bridgehead atoms. The van der Waals surface area contributed by atoms with Gasteiger partial charge in [0.05, 0.1) is 13.0 Å². The highest BCUT2D eigenvalue weighted by molar-refractivity contribution is 7.10. The summed E-state index contributed by atoms with van der Waals surface area (Å²) in [5.74, 6) is 0.470. The van der Waals surface area contributed by atoms with Gasteiger partial charge in [-0.1, -0.05) is 6.07 Å². The topological polar surface area (TPSA) is 67.4 Å². The molecule has 0 spiro atoms. The molecule has 0 aliphatic rings. The normalized spacial score (nSPS) is 10.3. The molecular formula is C21H20N2O3S. The van der Waals surface area contributed by atoms with E-state index in [2.05, 4.69) is 10.6 Å². The van der Waals surface area contributed by atoms with Crippen LogP contribution in [0, 0.1) is 0 Å². The minimum absolute atomic E-state index is 0.0796. The number of benzene rings is 2. The van der Waals surface area contributed by atoms with Crippen molar-refractivity contribution in [1.82, 2.24) is 0 Å². The highest BCUT2D eigenvalue weighted by Gasteiger charge is 2.08. The quantitative estimate of drug-likeness (QED) is 0.630. The van der Waals surface area contributed by atoms with E-state index in [-0.39, 0.29) is 11.8 Å². The molecule has 0 atom stereocenters. The molecule has 3 aromatic rings. The van der Waals surface area contributed by atoms with Gasteiger partial charge < -0.3 is 15.4 Å². The highest BCUT2D eigenvalue weighted by Crippen LogP contribution is 2.17. The molecular weight excluding hydrogens is 360 g/mol. The molecule has 0 radical (unpaired) electrons. The zero-order valence-corrected chi connectivity index (χ0v) is 15.7. The molecule has 0 aliphatic heterocycles. The predicted octanol–water partition coefficient (Wildman–Crippen LogP) is 4.58. The molecule has 1 aromatic heterocycles. The molecule has 27 heavy (non-hydrogen) atoms. The van der Waals surface area contributed by atoms with E-state index in [1.165, 1.54) is 0 Å². The lowest BCUT2D eigenvalue weighted by Crippen LogP contribution is -2.14. The minimum Gasteiger partial charge on any atom is -0.494 e. The Labute approximate surface area is 162 Å². The Kier molecular flexibility index (Phi) is 6.22. The maximum absolute atomic E-state index is 12.3. The summed E-state index contributed by atoms with van der Waals surface area (Å²) >= 11 is 1.55. The summed E-state index contributed by atoms with van der Waals surface area (Å²) < 4.78 is 5.38. The number of carbonyl (C=O) groups excluding carboxylic acids is 2. The van der Waals surface area contributed by atoms with Crippen molar-refractivity contribution < 1.29 is 14.3 Å². The standard InChI is InChI=1S/C21H20N2O3S/c1-2-26-18-11-9-17(10-12-18)23-21(25)15-5-7-16(8-6-15)22-20(24)14-19-4-3-13-27-19/h3-13H,2,14H2,1H3,(H,22,24)(H,23,25). The largest absolute Gasteiger partial charge is 0.494 e. The van der Waals surface area contributed by atoms with Gasteiger partial charge in [-0.3, -0.25) is 9.59 Å². The van der Waals surface area contributed by atoms with Crippen LogP contribution in [-0.2, 0) is 11.2 Å². The average molecular weight is 380 g/mol. The van der Waals surface area contributed by atoms with E-state index in [4.69, 9.17) is 4.74 Å². The van der Waals surface area contributed by atoms with Gasteiger partial charge in [-0.25, -0.2) is 0 Å². The third-order valence-corrected chi connectivity index (χ3v) is 4.65. The first kappa shape index (κ1) is 18.7. The Balaban J connectivity index is 1.55. The van der Waals surface area contributed by atoms with E-state index < -0.39 is 0 Å². The molecule has 1 heterocycles. The van der Waals surface area contributed by atoms with Gasteiger partial charge in [0.15, 0.2) is 0 Å². The van der Waals surface area contributed by atoms with Crippen LogP contribution in [0.5, 0.6) is 5.75 Å². The zero-order valence-electron chi connectivity index (χ0n) is 14.9. The highest BCUT2D eigenvalue weighted by atomic mass is 32.1. The molecule has 2 amide bonds. The number of carbonyl (C=O) groups is 2. The molecule has 0 fully saturated rings. The van der Waals surface area contributed by atoms with Crippen molar-refractivity contribution in [3.63, 3.8) is 0 Å². The van der Waals surface area contributed by atoms with Crippen molar-refractivity contribution in [3.8, 4) is 5.75 Å². The summed E-state index contributed by atoms with van der Waals surface area (Å²) in [6.07, 6.45) is 0.345. The number of rotatable bonds is 7. The van der Waals surface area contributed by atoms with Crippen molar-refractivity contribution in [2.75, 3.05) is 17.2 Å². The van der Waals surface area contributed by atoms with Crippen LogP contribution in [0.1, 0.15) is 22.2 Å². The fourth-order valence-electron chi connectivity index (χ4n) is 2.49. The van der Waals surface area contributed by atoms with Crippen molar-refractivity contribution >= 4 is 34.5 Å². The van der Waals surface area contributed by atoms with Gasteiger partial charge in [-0.15, -0.1) is 11.3 Å². The van der Waals surface area contributed by atoms with Gasteiger partial charge in [0.2, 0.25) is 5.91 Å². The minimum atomic E-state index is -0.212. The van der Waals surface area contributed by atoms with E-state index >= 15 is 0 Å². The van der Waals surface area contributed by atoms with E-state index in [0.717, 1.165) is 10.6 Å². The van der Waals surface area contributed by atoms with E-state index in [0.29, 0.717) is 30.0 Å². The molecule has 0 unspecified atom stereocenters. The fourth-order valence-corrected chi connectivity index (χ4v) is 3.19. The first-order valence-electron chi connectivity index (χ1n) is 8.60. The van der Waals surface area contributed by atoms with Gasteiger partial charge in [-0.05, 0) is 66.9 Å². The van der Waals surface area contributed by atoms with Crippen molar-refractivity contribution in [2.45, 2.75) is 13.3 Å². The van der Waals surface area contributed by atoms with Gasteiger partial charge >= 0.3 is 0 Å². The summed E-state index contributed by atoms with van der Waals surface area (Å²) in [7, 11) is 0. The molecule has 5 nitrogen and oxygen atoms in total. The lowest BCUT2D eigenvalue weighted by molar-refractivity contribution is -0.115. The second-order valence-electron chi connectivity index (χ2n) is 5.79. The number of thiophene rings is 1. The first-order chi connectivity index (χ1) is 13.1. The molecule has 0 aliphatic carbocycles. The molecule has 2 N–H and O–H groups in total. The molecule has 0 saturated heterocycles. The first-order valence-corrected chi connectivity index (χ1v) is 9.48. The zero-order chi connectivity index (χ0) is 19.1. The van der Waals surface area contributed by atoms with Gasteiger partial charge in [0.25, 0.3) is 5.91 Å². The molecule has 0 saturated carbocycles. The Morgan fingerprint density at radius 2 is 1.59 bits per heavy atom. The second-order valence-corrected chi connectivity index (χ2v) is 6.83. The lowest BCUT2D eigenvalue weighted by Gasteiger charge is -2.08. The Morgan fingerprint density at radius 1 is 0.926 bits per heavy atom. The molecule has 2 aromatic carbocycles. The van der Waals surface area contributed by atoms with E-state index in [9.17, 15) is 9.59 Å². The van der Waals surface area contributed by atoms with Crippen LogP contribution in [0.25, 0.3) is 0 Å². The van der Waals surface area contributed by atoms with E-state index in [1.807, 2.05) is 36.6 Å². The van der Waals surface area contributed by atoms with Gasteiger partial charge in [0, 0.05) is 21.8 Å². The summed E-state index contributed by atoms with van der Waals surface area (Å²) in [4.78, 5) is 25.4. The molecule has 138 valence electrons. The van der Waals surface area contributed by atoms with Crippen LogP contribution >= 0.6 is 11.3 Å². The summed E-state index contributed by atoms with van der Waals surface area (Å²) in [6.45, 7) is 2.52. The maximum Gasteiger partial charge on any atom is 0.255 e. The number of nitrogens with one attached hydrogen (secondary N) is 2. The Morgan fingerprint density at radius 3 is 2.22 bits per heavy atom. The average Bonchev–Trinajstić information content (AvgIpc) is 3.17. The fraction of sp³-hybridized carbons (Fsp3) is 0.143.